The molecule has 106 valence electrons. The third-order valence-corrected chi connectivity index (χ3v) is 3.39. The number of hydrogen-bond donors (Lipinski definition) is 1. The van der Waals surface area contributed by atoms with E-state index in [1.807, 2.05) is 20.8 Å². The van der Waals surface area contributed by atoms with Crippen LogP contribution in [0, 0.1) is 6.92 Å². The van der Waals surface area contributed by atoms with Crippen molar-refractivity contribution in [2.24, 2.45) is 0 Å². The van der Waals surface area contributed by atoms with E-state index in [4.69, 9.17) is 9.84 Å². The van der Waals surface area contributed by atoms with Crippen molar-refractivity contribution in [1.82, 2.24) is 9.36 Å². The second kappa shape index (κ2) is 5.20. The SMILES string of the molecule is Cc1c(Oc2nc(C(C)(C)C)ns2)cccc1C(=O)O. The van der Waals surface area contributed by atoms with E-state index in [9.17, 15) is 4.79 Å². The predicted molar refractivity (Wildman–Crippen MR) is 76.8 cm³/mol. The molecule has 5 nitrogen and oxygen atoms in total. The summed E-state index contributed by atoms with van der Waals surface area (Å²) in [6.45, 7) is 7.78. The van der Waals surface area contributed by atoms with Gasteiger partial charge in [0.1, 0.15) is 5.75 Å². The first-order chi connectivity index (χ1) is 9.29. The lowest BCUT2D eigenvalue weighted by Gasteiger charge is -2.12. The smallest absolute Gasteiger partial charge is 0.336 e. The average Bonchev–Trinajstić information content (AvgIpc) is 2.80. The van der Waals surface area contributed by atoms with Gasteiger partial charge in [-0.25, -0.2) is 4.79 Å². The van der Waals surface area contributed by atoms with Crippen LogP contribution in [-0.2, 0) is 5.41 Å². The number of carbonyl (C=O) groups is 1. The molecule has 2 aromatic rings. The molecule has 0 bridgehead atoms. The summed E-state index contributed by atoms with van der Waals surface area (Å²) < 4.78 is 9.92. The van der Waals surface area contributed by atoms with E-state index < -0.39 is 5.97 Å². The van der Waals surface area contributed by atoms with Gasteiger partial charge in [0.15, 0.2) is 5.82 Å². The molecule has 0 atom stereocenters. The number of aromatic nitrogens is 2. The molecule has 1 N–H and O–H groups in total. The Balaban J connectivity index is 2.29. The van der Waals surface area contributed by atoms with Crippen LogP contribution < -0.4 is 4.74 Å². The van der Waals surface area contributed by atoms with Crippen LogP contribution in [0.3, 0.4) is 0 Å². The summed E-state index contributed by atoms with van der Waals surface area (Å²) in [6, 6.07) is 4.92. The summed E-state index contributed by atoms with van der Waals surface area (Å²) in [7, 11) is 0. The second-order valence-corrected chi connectivity index (χ2v) is 6.18. The van der Waals surface area contributed by atoms with Crippen LogP contribution in [0.5, 0.6) is 10.9 Å². The molecular formula is C14H16N2O3S. The van der Waals surface area contributed by atoms with Crippen LogP contribution in [-0.4, -0.2) is 20.4 Å². The molecule has 0 unspecified atom stereocenters. The zero-order chi connectivity index (χ0) is 14.9. The third-order valence-electron chi connectivity index (χ3n) is 2.79. The normalized spacial score (nSPS) is 11.4. The van der Waals surface area contributed by atoms with E-state index in [1.165, 1.54) is 0 Å². The number of nitrogens with zero attached hydrogens (tertiary/aromatic N) is 2. The standard InChI is InChI=1S/C14H16N2O3S/c1-8-9(11(17)18)6-5-7-10(8)19-13-15-12(16-20-13)14(2,3)4/h5-7H,1-4H3,(H,17,18). The first kappa shape index (κ1) is 14.5. The van der Waals surface area contributed by atoms with Crippen molar-refractivity contribution in [2.75, 3.05) is 0 Å². The van der Waals surface area contributed by atoms with Crippen LogP contribution in [0.4, 0.5) is 0 Å². The third kappa shape index (κ3) is 2.96. The van der Waals surface area contributed by atoms with Gasteiger partial charge in [-0.3, -0.25) is 0 Å². The maximum Gasteiger partial charge on any atom is 0.336 e. The molecule has 1 aromatic heterocycles. The Hall–Kier alpha value is -1.95. The second-order valence-electron chi connectivity index (χ2n) is 5.47. The summed E-state index contributed by atoms with van der Waals surface area (Å²) in [6.07, 6.45) is 0. The summed E-state index contributed by atoms with van der Waals surface area (Å²) in [5.74, 6) is 0.228. The number of rotatable bonds is 3. The molecule has 0 aliphatic heterocycles. The first-order valence-electron chi connectivity index (χ1n) is 6.14. The van der Waals surface area contributed by atoms with Crippen LogP contribution in [0.25, 0.3) is 0 Å². The molecule has 0 saturated carbocycles. The fourth-order valence-corrected chi connectivity index (χ4v) is 2.34. The number of aromatic carboxylic acids is 1. The maximum atomic E-state index is 11.1. The van der Waals surface area contributed by atoms with Gasteiger partial charge in [-0.1, -0.05) is 26.8 Å². The molecule has 20 heavy (non-hydrogen) atoms. The predicted octanol–water partition coefficient (Wildman–Crippen LogP) is 3.63. The number of hydrogen-bond acceptors (Lipinski definition) is 5. The fraction of sp³-hybridized carbons (Fsp3) is 0.357. The summed E-state index contributed by atoms with van der Waals surface area (Å²) >= 11 is 1.16. The van der Waals surface area contributed by atoms with Crippen LogP contribution in [0.1, 0.15) is 42.5 Å². The zero-order valence-electron chi connectivity index (χ0n) is 11.8. The number of carboxylic acid groups (broad SMARTS) is 1. The molecule has 0 aliphatic carbocycles. The highest BCUT2D eigenvalue weighted by molar-refractivity contribution is 7.07. The van der Waals surface area contributed by atoms with Crippen molar-refractivity contribution in [1.29, 1.82) is 0 Å². The lowest BCUT2D eigenvalue weighted by Crippen LogP contribution is -2.12. The van der Waals surface area contributed by atoms with Gasteiger partial charge in [0, 0.05) is 22.5 Å². The van der Waals surface area contributed by atoms with Gasteiger partial charge in [0.05, 0.1) is 5.56 Å². The molecule has 1 heterocycles. The molecule has 0 radical (unpaired) electrons. The van der Waals surface area contributed by atoms with E-state index in [1.54, 1.807) is 25.1 Å². The lowest BCUT2D eigenvalue weighted by atomic mass is 9.96. The quantitative estimate of drug-likeness (QED) is 0.935. The average molecular weight is 292 g/mol. The van der Waals surface area contributed by atoms with E-state index in [2.05, 4.69) is 9.36 Å². The van der Waals surface area contributed by atoms with Crippen molar-refractivity contribution in [3.8, 4) is 10.9 Å². The Bertz CT molecular complexity index is 644. The Kier molecular flexibility index (Phi) is 3.76. The van der Waals surface area contributed by atoms with Gasteiger partial charge in [0.2, 0.25) is 0 Å². The Labute approximate surface area is 121 Å². The highest BCUT2D eigenvalue weighted by Crippen LogP contribution is 2.30. The Morgan fingerprint density at radius 1 is 1.35 bits per heavy atom. The van der Waals surface area contributed by atoms with Crippen molar-refractivity contribution in [3.63, 3.8) is 0 Å². The highest BCUT2D eigenvalue weighted by atomic mass is 32.1. The molecule has 0 spiro atoms. The van der Waals surface area contributed by atoms with Crippen LogP contribution in [0.2, 0.25) is 0 Å². The minimum Gasteiger partial charge on any atom is -0.478 e. The summed E-state index contributed by atoms with van der Waals surface area (Å²) in [5, 5.41) is 9.50. The van der Waals surface area contributed by atoms with Gasteiger partial charge >= 0.3 is 5.97 Å². The maximum absolute atomic E-state index is 11.1. The van der Waals surface area contributed by atoms with Crippen molar-refractivity contribution < 1.29 is 14.6 Å². The molecule has 0 saturated heterocycles. The van der Waals surface area contributed by atoms with Crippen molar-refractivity contribution in [3.05, 3.63) is 35.2 Å². The van der Waals surface area contributed by atoms with E-state index >= 15 is 0 Å². The van der Waals surface area contributed by atoms with Gasteiger partial charge in [-0.15, -0.1) is 0 Å². The molecular weight excluding hydrogens is 276 g/mol. The molecule has 6 heteroatoms. The molecule has 0 aliphatic rings. The molecule has 0 fully saturated rings. The molecule has 1 aromatic carbocycles. The van der Waals surface area contributed by atoms with Crippen molar-refractivity contribution >= 4 is 17.5 Å². The highest BCUT2D eigenvalue weighted by Gasteiger charge is 2.21. The monoisotopic (exact) mass is 292 g/mol. The van der Waals surface area contributed by atoms with E-state index in [0.717, 1.165) is 11.5 Å². The Morgan fingerprint density at radius 2 is 2.05 bits per heavy atom. The Morgan fingerprint density at radius 3 is 2.60 bits per heavy atom. The van der Waals surface area contributed by atoms with Crippen molar-refractivity contribution in [2.45, 2.75) is 33.1 Å². The van der Waals surface area contributed by atoms with Gasteiger partial charge in [-0.05, 0) is 19.1 Å². The largest absolute Gasteiger partial charge is 0.478 e. The van der Waals surface area contributed by atoms with Gasteiger partial charge in [0.25, 0.3) is 5.19 Å². The molecule has 2 rings (SSSR count). The fourth-order valence-electron chi connectivity index (χ4n) is 1.61. The number of benzene rings is 1. The summed E-state index contributed by atoms with van der Waals surface area (Å²) in [5.41, 5.74) is 0.659. The molecule has 0 amide bonds. The van der Waals surface area contributed by atoms with E-state index in [0.29, 0.717) is 22.3 Å². The van der Waals surface area contributed by atoms with E-state index in [-0.39, 0.29) is 11.0 Å². The number of ether oxygens (including phenoxy) is 1. The summed E-state index contributed by atoms with van der Waals surface area (Å²) in [4.78, 5) is 15.4. The van der Waals surface area contributed by atoms with Crippen LogP contribution >= 0.6 is 11.5 Å². The lowest BCUT2D eigenvalue weighted by molar-refractivity contribution is 0.0695. The van der Waals surface area contributed by atoms with Gasteiger partial charge < -0.3 is 9.84 Å². The first-order valence-corrected chi connectivity index (χ1v) is 6.91. The number of carboxylic acids is 1. The van der Waals surface area contributed by atoms with Gasteiger partial charge in [-0.2, -0.15) is 9.36 Å². The zero-order valence-corrected chi connectivity index (χ0v) is 12.6. The topological polar surface area (TPSA) is 72.3 Å². The minimum atomic E-state index is -0.972. The minimum absolute atomic E-state index is 0.143. The van der Waals surface area contributed by atoms with Crippen LogP contribution in [0.15, 0.2) is 18.2 Å².